The van der Waals surface area contributed by atoms with Crippen molar-refractivity contribution in [2.24, 2.45) is 0 Å². The third-order valence-electron chi connectivity index (χ3n) is 5.69. The van der Waals surface area contributed by atoms with Gasteiger partial charge in [0.25, 0.3) is 5.91 Å². The number of aromatic nitrogens is 2. The number of hydrogen-bond acceptors (Lipinski definition) is 3. The van der Waals surface area contributed by atoms with Gasteiger partial charge in [0.15, 0.2) is 0 Å². The molecule has 0 spiro atoms. The van der Waals surface area contributed by atoms with Gasteiger partial charge in [0, 0.05) is 37.1 Å². The first-order valence-corrected chi connectivity index (χ1v) is 10.4. The minimum Gasteiger partial charge on any atom is -0.345 e. The Hall–Kier alpha value is -3.41. The number of carbonyl (C=O) groups is 2. The van der Waals surface area contributed by atoms with E-state index in [0.717, 1.165) is 31.5 Å². The van der Waals surface area contributed by atoms with Crippen LogP contribution in [0, 0.1) is 0 Å². The molecule has 30 heavy (non-hydrogen) atoms. The third-order valence-corrected chi connectivity index (χ3v) is 5.69. The molecule has 1 aliphatic rings. The van der Waals surface area contributed by atoms with Crippen molar-refractivity contribution in [1.82, 2.24) is 19.8 Å². The fraction of sp³-hybridized carbons (Fsp3) is 0.292. The van der Waals surface area contributed by atoms with E-state index in [1.807, 2.05) is 66.0 Å². The first kappa shape index (κ1) is 19.9. The minimum atomic E-state index is -0.363. The lowest BCUT2D eigenvalue weighted by Gasteiger charge is -2.33. The lowest BCUT2D eigenvalue weighted by Crippen LogP contribution is -2.41. The number of amides is 2. The summed E-state index contributed by atoms with van der Waals surface area (Å²) in [5.74, 6) is -0.0997. The highest BCUT2D eigenvalue weighted by atomic mass is 16.2. The van der Waals surface area contributed by atoms with Crippen molar-refractivity contribution in [2.45, 2.75) is 31.3 Å². The van der Waals surface area contributed by atoms with Crippen molar-refractivity contribution < 1.29 is 9.59 Å². The van der Waals surface area contributed by atoms with Crippen LogP contribution in [0.2, 0.25) is 0 Å². The summed E-state index contributed by atoms with van der Waals surface area (Å²) in [4.78, 5) is 31.8. The maximum atomic E-state index is 13.0. The fourth-order valence-electron chi connectivity index (χ4n) is 3.97. The van der Waals surface area contributed by atoms with E-state index in [2.05, 4.69) is 14.9 Å². The summed E-state index contributed by atoms with van der Waals surface area (Å²) < 4.78 is 2.12. The van der Waals surface area contributed by atoms with E-state index in [4.69, 9.17) is 0 Å². The Bertz CT molecular complexity index is 949. The molecule has 1 unspecified atom stereocenters. The van der Waals surface area contributed by atoms with Gasteiger partial charge < -0.3 is 14.8 Å². The molecule has 1 aromatic heterocycles. The Morgan fingerprint density at radius 1 is 1.00 bits per heavy atom. The molecular weight excluding hydrogens is 376 g/mol. The van der Waals surface area contributed by atoms with E-state index in [1.165, 1.54) is 0 Å². The predicted octanol–water partition coefficient (Wildman–Crippen LogP) is 3.61. The van der Waals surface area contributed by atoms with Crippen LogP contribution in [-0.4, -0.2) is 39.4 Å². The molecule has 3 aromatic rings. The molecule has 1 atom stereocenters. The lowest BCUT2D eigenvalue weighted by atomic mass is 10.00. The Morgan fingerprint density at radius 2 is 1.67 bits per heavy atom. The maximum absolute atomic E-state index is 13.0. The third kappa shape index (κ3) is 4.76. The minimum absolute atomic E-state index is 0.0706. The lowest BCUT2D eigenvalue weighted by molar-refractivity contribution is -0.133. The Balaban J connectivity index is 1.41. The molecule has 2 aromatic carbocycles. The summed E-state index contributed by atoms with van der Waals surface area (Å²) in [6, 6.07) is 18.8. The second kappa shape index (κ2) is 9.39. The molecule has 2 amide bonds. The van der Waals surface area contributed by atoms with Gasteiger partial charge in [-0.05, 0) is 30.5 Å². The van der Waals surface area contributed by atoms with Crippen LogP contribution >= 0.6 is 0 Å². The molecule has 6 heteroatoms. The van der Waals surface area contributed by atoms with Crippen molar-refractivity contribution >= 4 is 11.8 Å². The average Bonchev–Trinajstić information content (AvgIpc) is 3.35. The largest absolute Gasteiger partial charge is 0.345 e. The van der Waals surface area contributed by atoms with Crippen LogP contribution in [0.4, 0.5) is 0 Å². The van der Waals surface area contributed by atoms with E-state index in [0.29, 0.717) is 11.6 Å². The number of hydrogen-bond donors (Lipinski definition) is 1. The van der Waals surface area contributed by atoms with Crippen LogP contribution in [0.1, 0.15) is 47.3 Å². The van der Waals surface area contributed by atoms with E-state index in [9.17, 15) is 9.59 Å². The Labute approximate surface area is 176 Å². The zero-order valence-corrected chi connectivity index (χ0v) is 16.9. The van der Waals surface area contributed by atoms with Gasteiger partial charge in [0.1, 0.15) is 0 Å². The Kier molecular flexibility index (Phi) is 6.23. The van der Waals surface area contributed by atoms with Gasteiger partial charge in [-0.25, -0.2) is 4.98 Å². The van der Waals surface area contributed by atoms with Crippen LogP contribution in [0.25, 0.3) is 0 Å². The highest BCUT2D eigenvalue weighted by molar-refractivity contribution is 5.94. The molecule has 6 nitrogen and oxygen atoms in total. The monoisotopic (exact) mass is 402 g/mol. The second-order valence-electron chi connectivity index (χ2n) is 7.63. The second-order valence-corrected chi connectivity index (χ2v) is 7.63. The Morgan fingerprint density at radius 3 is 2.30 bits per heavy atom. The van der Waals surface area contributed by atoms with Crippen LogP contribution in [-0.2, 0) is 4.79 Å². The number of imidazole rings is 1. The van der Waals surface area contributed by atoms with E-state index in [-0.39, 0.29) is 24.3 Å². The summed E-state index contributed by atoms with van der Waals surface area (Å²) in [5.41, 5.74) is 1.52. The van der Waals surface area contributed by atoms with E-state index < -0.39 is 0 Å². The van der Waals surface area contributed by atoms with Gasteiger partial charge in [-0.1, -0.05) is 48.5 Å². The van der Waals surface area contributed by atoms with Gasteiger partial charge in [0.05, 0.1) is 18.8 Å². The molecule has 4 rings (SSSR count). The van der Waals surface area contributed by atoms with Crippen molar-refractivity contribution in [3.05, 3.63) is 90.5 Å². The van der Waals surface area contributed by atoms with E-state index in [1.54, 1.807) is 18.3 Å². The standard InChI is InChI=1S/C24H26N4O2/c29-23(27-14-11-21(12-15-27)28-16-13-25-18-28)17-22(19-7-3-1-4-8-19)26-24(30)20-9-5-2-6-10-20/h1-10,13,16,18,21-22H,11-12,14-15,17H2,(H,26,30). The zero-order valence-electron chi connectivity index (χ0n) is 16.9. The zero-order chi connectivity index (χ0) is 20.8. The topological polar surface area (TPSA) is 67.2 Å². The molecule has 154 valence electrons. The van der Waals surface area contributed by atoms with Gasteiger partial charge >= 0.3 is 0 Å². The molecule has 2 heterocycles. The molecule has 1 fully saturated rings. The van der Waals surface area contributed by atoms with Gasteiger partial charge in [-0.15, -0.1) is 0 Å². The molecule has 1 aliphatic heterocycles. The summed E-state index contributed by atoms with van der Waals surface area (Å²) in [7, 11) is 0. The number of nitrogens with one attached hydrogen (secondary N) is 1. The predicted molar refractivity (Wildman–Crippen MR) is 115 cm³/mol. The van der Waals surface area contributed by atoms with E-state index >= 15 is 0 Å². The fourth-order valence-corrected chi connectivity index (χ4v) is 3.97. The summed E-state index contributed by atoms with van der Waals surface area (Å²) in [6.45, 7) is 1.44. The number of benzene rings is 2. The van der Waals surface area contributed by atoms with Crippen LogP contribution in [0.15, 0.2) is 79.4 Å². The number of carbonyl (C=O) groups excluding carboxylic acids is 2. The molecule has 0 bridgehead atoms. The van der Waals surface area contributed by atoms with Gasteiger partial charge in [-0.3, -0.25) is 9.59 Å². The molecule has 0 radical (unpaired) electrons. The molecule has 1 N–H and O–H groups in total. The van der Waals surface area contributed by atoms with Crippen molar-refractivity contribution in [1.29, 1.82) is 0 Å². The smallest absolute Gasteiger partial charge is 0.251 e. The first-order valence-electron chi connectivity index (χ1n) is 10.4. The molecule has 1 saturated heterocycles. The van der Waals surface area contributed by atoms with Crippen LogP contribution < -0.4 is 5.32 Å². The normalized spacial score (nSPS) is 15.5. The van der Waals surface area contributed by atoms with Gasteiger partial charge in [0.2, 0.25) is 5.91 Å². The highest BCUT2D eigenvalue weighted by Gasteiger charge is 2.26. The number of nitrogens with zero attached hydrogens (tertiary/aromatic N) is 3. The van der Waals surface area contributed by atoms with Crippen molar-refractivity contribution in [3.63, 3.8) is 0 Å². The summed E-state index contributed by atoms with van der Waals surface area (Å²) in [6.07, 6.45) is 7.68. The van der Waals surface area contributed by atoms with Crippen LogP contribution in [0.3, 0.4) is 0 Å². The molecule has 0 aliphatic carbocycles. The number of likely N-dealkylation sites (tertiary alicyclic amines) is 1. The highest BCUT2D eigenvalue weighted by Crippen LogP contribution is 2.25. The number of piperidine rings is 1. The van der Waals surface area contributed by atoms with Crippen molar-refractivity contribution in [2.75, 3.05) is 13.1 Å². The van der Waals surface area contributed by atoms with Crippen molar-refractivity contribution in [3.8, 4) is 0 Å². The molecule has 0 saturated carbocycles. The van der Waals surface area contributed by atoms with Gasteiger partial charge in [-0.2, -0.15) is 0 Å². The summed E-state index contributed by atoms with van der Waals surface area (Å²) >= 11 is 0. The summed E-state index contributed by atoms with van der Waals surface area (Å²) in [5, 5.41) is 3.05. The molecular formula is C24H26N4O2. The average molecular weight is 402 g/mol. The first-order chi connectivity index (χ1) is 14.7. The quantitative estimate of drug-likeness (QED) is 0.685. The number of rotatable bonds is 6. The van der Waals surface area contributed by atoms with Crippen LogP contribution in [0.5, 0.6) is 0 Å². The SMILES string of the molecule is O=C(NC(CC(=O)N1CCC(n2ccnc2)CC1)c1ccccc1)c1ccccc1. The maximum Gasteiger partial charge on any atom is 0.251 e.